The van der Waals surface area contributed by atoms with Gasteiger partial charge >= 0.3 is 0 Å². The van der Waals surface area contributed by atoms with Crippen molar-refractivity contribution in [3.8, 4) is 5.88 Å². The summed E-state index contributed by atoms with van der Waals surface area (Å²) < 4.78 is 5.94. The molecule has 1 aromatic carbocycles. The highest BCUT2D eigenvalue weighted by Crippen LogP contribution is 2.28. The highest BCUT2D eigenvalue weighted by molar-refractivity contribution is 5.89. The van der Waals surface area contributed by atoms with Gasteiger partial charge in [-0.05, 0) is 44.3 Å². The van der Waals surface area contributed by atoms with Gasteiger partial charge in [-0.25, -0.2) is 4.98 Å². The van der Waals surface area contributed by atoms with Gasteiger partial charge in [-0.1, -0.05) is 25.1 Å². The monoisotopic (exact) mass is 258 g/mol. The third kappa shape index (κ3) is 3.44. The first kappa shape index (κ1) is 13.8. The summed E-state index contributed by atoms with van der Waals surface area (Å²) in [5, 5.41) is 5.63. The first-order chi connectivity index (χ1) is 9.01. The minimum Gasteiger partial charge on any atom is -0.471 e. The van der Waals surface area contributed by atoms with Crippen molar-refractivity contribution in [1.82, 2.24) is 10.3 Å². The quantitative estimate of drug-likeness (QED) is 0.911. The van der Waals surface area contributed by atoms with E-state index in [9.17, 15) is 0 Å². The average Bonchev–Trinajstić information content (AvgIpc) is 2.36. The molecule has 3 nitrogen and oxygen atoms in total. The second kappa shape index (κ2) is 5.57. The number of rotatable bonds is 4. The third-order valence-corrected chi connectivity index (χ3v) is 2.81. The van der Waals surface area contributed by atoms with E-state index < -0.39 is 0 Å². The zero-order valence-electron chi connectivity index (χ0n) is 12.2. The second-order valence-electron chi connectivity index (χ2n) is 5.63. The molecule has 0 saturated carbocycles. The average molecular weight is 258 g/mol. The molecule has 19 heavy (non-hydrogen) atoms. The van der Waals surface area contributed by atoms with E-state index >= 15 is 0 Å². The number of aromatic nitrogens is 1. The maximum Gasteiger partial charge on any atom is 0.221 e. The maximum atomic E-state index is 5.94. The van der Waals surface area contributed by atoms with Crippen LogP contribution in [0, 0.1) is 0 Å². The number of ether oxygens (including phenoxy) is 1. The van der Waals surface area contributed by atoms with Crippen LogP contribution in [0.25, 0.3) is 10.8 Å². The van der Waals surface area contributed by atoms with Crippen LogP contribution in [0.3, 0.4) is 0 Å². The molecule has 1 heterocycles. The number of nitrogens with zero attached hydrogens (tertiary/aromatic N) is 1. The second-order valence-corrected chi connectivity index (χ2v) is 5.63. The summed E-state index contributed by atoms with van der Waals surface area (Å²) in [6.45, 7) is 10.0. The molecule has 0 aliphatic carbocycles. The first-order valence-corrected chi connectivity index (χ1v) is 6.77. The fraction of sp³-hybridized carbons (Fsp3) is 0.438. The normalized spacial score (nSPS) is 11.8. The van der Waals surface area contributed by atoms with E-state index in [0.29, 0.717) is 5.88 Å². The molecule has 2 aromatic rings. The molecule has 2 rings (SSSR count). The molecule has 3 heteroatoms. The van der Waals surface area contributed by atoms with Crippen molar-refractivity contribution in [2.24, 2.45) is 0 Å². The molecule has 1 N–H and O–H groups in total. The van der Waals surface area contributed by atoms with Crippen LogP contribution >= 0.6 is 0 Å². The predicted molar refractivity (Wildman–Crippen MR) is 79.5 cm³/mol. The van der Waals surface area contributed by atoms with Crippen LogP contribution in [-0.4, -0.2) is 17.1 Å². The zero-order chi connectivity index (χ0) is 13.9. The molecule has 0 amide bonds. The fourth-order valence-electron chi connectivity index (χ4n) is 2.00. The molecular formula is C16H22N2O. The van der Waals surface area contributed by atoms with Gasteiger partial charge in [0.1, 0.15) is 5.60 Å². The van der Waals surface area contributed by atoms with Gasteiger partial charge in [-0.15, -0.1) is 0 Å². The van der Waals surface area contributed by atoms with Gasteiger partial charge in [0.15, 0.2) is 0 Å². The summed E-state index contributed by atoms with van der Waals surface area (Å²) in [7, 11) is 0. The smallest absolute Gasteiger partial charge is 0.221 e. The number of hydrogen-bond donors (Lipinski definition) is 1. The molecule has 0 atom stereocenters. The van der Waals surface area contributed by atoms with Gasteiger partial charge in [0.05, 0.1) is 0 Å². The Hall–Kier alpha value is -1.61. The predicted octanol–water partition coefficient (Wildman–Crippen LogP) is 3.52. The van der Waals surface area contributed by atoms with Crippen molar-refractivity contribution in [2.75, 3.05) is 6.54 Å². The minimum atomic E-state index is -0.237. The standard InChI is InChI=1S/C16H22N2O/c1-5-17-10-12-11-18-15(19-16(2,3)4)14-9-7-6-8-13(12)14/h6-9,11,17H,5,10H2,1-4H3. The van der Waals surface area contributed by atoms with Crippen LogP contribution in [0.1, 0.15) is 33.3 Å². The summed E-state index contributed by atoms with van der Waals surface area (Å²) in [5.41, 5.74) is 0.970. The molecule has 0 radical (unpaired) electrons. The van der Waals surface area contributed by atoms with Crippen molar-refractivity contribution < 1.29 is 4.74 Å². The number of hydrogen-bond acceptors (Lipinski definition) is 3. The Labute approximate surface area is 115 Å². The van der Waals surface area contributed by atoms with Gasteiger partial charge < -0.3 is 10.1 Å². The van der Waals surface area contributed by atoms with Crippen LogP contribution in [0.5, 0.6) is 5.88 Å². The zero-order valence-corrected chi connectivity index (χ0v) is 12.2. The van der Waals surface area contributed by atoms with Crippen molar-refractivity contribution in [1.29, 1.82) is 0 Å². The molecule has 0 spiro atoms. The van der Waals surface area contributed by atoms with Crippen LogP contribution in [0.4, 0.5) is 0 Å². The van der Waals surface area contributed by atoms with Crippen molar-refractivity contribution in [3.63, 3.8) is 0 Å². The minimum absolute atomic E-state index is 0.237. The highest BCUT2D eigenvalue weighted by Gasteiger charge is 2.15. The Balaban J connectivity index is 2.46. The number of benzene rings is 1. The number of nitrogens with one attached hydrogen (secondary N) is 1. The molecule has 0 aliphatic heterocycles. The van der Waals surface area contributed by atoms with E-state index in [1.807, 2.05) is 33.0 Å². The van der Waals surface area contributed by atoms with Crippen LogP contribution in [0.15, 0.2) is 30.5 Å². The molecule has 1 aromatic heterocycles. The van der Waals surface area contributed by atoms with Crippen LogP contribution in [-0.2, 0) is 6.54 Å². The Morgan fingerprint density at radius 1 is 1.16 bits per heavy atom. The van der Waals surface area contributed by atoms with Crippen LogP contribution in [0.2, 0.25) is 0 Å². The van der Waals surface area contributed by atoms with Crippen molar-refractivity contribution in [3.05, 3.63) is 36.0 Å². The lowest BCUT2D eigenvalue weighted by Gasteiger charge is -2.22. The Morgan fingerprint density at radius 3 is 2.47 bits per heavy atom. The van der Waals surface area contributed by atoms with Gasteiger partial charge in [-0.3, -0.25) is 0 Å². The first-order valence-electron chi connectivity index (χ1n) is 6.77. The maximum absolute atomic E-state index is 5.94. The van der Waals surface area contributed by atoms with Crippen molar-refractivity contribution >= 4 is 10.8 Å². The molecule has 102 valence electrons. The SMILES string of the molecule is CCNCc1cnc(OC(C)(C)C)c2ccccc12. The Kier molecular flexibility index (Phi) is 4.05. The van der Waals surface area contributed by atoms with E-state index in [0.717, 1.165) is 18.5 Å². The fourth-order valence-corrected chi connectivity index (χ4v) is 2.00. The highest BCUT2D eigenvalue weighted by atomic mass is 16.5. The topological polar surface area (TPSA) is 34.2 Å². The summed E-state index contributed by atoms with van der Waals surface area (Å²) >= 11 is 0. The summed E-state index contributed by atoms with van der Waals surface area (Å²) in [6, 6.07) is 8.27. The molecule has 0 bridgehead atoms. The lowest BCUT2D eigenvalue weighted by atomic mass is 10.1. The van der Waals surface area contributed by atoms with Gasteiger partial charge in [0.2, 0.25) is 5.88 Å². The van der Waals surface area contributed by atoms with E-state index in [1.165, 1.54) is 10.9 Å². The Bertz CT molecular complexity index is 558. The molecule has 0 fully saturated rings. The van der Waals surface area contributed by atoms with E-state index in [2.05, 4.69) is 35.4 Å². The van der Waals surface area contributed by atoms with E-state index in [4.69, 9.17) is 4.74 Å². The van der Waals surface area contributed by atoms with E-state index in [1.54, 1.807) is 0 Å². The van der Waals surface area contributed by atoms with Gasteiger partial charge in [-0.2, -0.15) is 0 Å². The number of fused-ring (bicyclic) bond motifs is 1. The summed E-state index contributed by atoms with van der Waals surface area (Å²) in [6.07, 6.45) is 1.91. The van der Waals surface area contributed by atoms with Crippen LogP contribution < -0.4 is 10.1 Å². The third-order valence-electron chi connectivity index (χ3n) is 2.81. The molecular weight excluding hydrogens is 236 g/mol. The summed E-state index contributed by atoms with van der Waals surface area (Å²) in [4.78, 5) is 4.48. The Morgan fingerprint density at radius 2 is 1.84 bits per heavy atom. The molecule has 0 aliphatic rings. The number of pyridine rings is 1. The van der Waals surface area contributed by atoms with E-state index in [-0.39, 0.29) is 5.60 Å². The largest absolute Gasteiger partial charge is 0.471 e. The lowest BCUT2D eigenvalue weighted by molar-refractivity contribution is 0.126. The molecule has 0 saturated heterocycles. The van der Waals surface area contributed by atoms with Crippen molar-refractivity contribution in [2.45, 2.75) is 39.8 Å². The molecule has 0 unspecified atom stereocenters. The van der Waals surface area contributed by atoms with Gasteiger partial charge in [0, 0.05) is 18.1 Å². The van der Waals surface area contributed by atoms with Gasteiger partial charge in [0.25, 0.3) is 0 Å². The lowest BCUT2D eigenvalue weighted by Crippen LogP contribution is -2.23. The summed E-state index contributed by atoms with van der Waals surface area (Å²) in [5.74, 6) is 0.711.